The average molecular weight is 1890 g/mol. The Kier molecular flexibility index (Phi) is 67.8. The number of carbonyl (C=O) groups is 5. The van der Waals surface area contributed by atoms with E-state index < -0.39 is 42.2 Å². The molecule has 1 radical (unpaired) electrons. The van der Waals surface area contributed by atoms with Crippen LogP contribution in [0.4, 0.5) is 0 Å². The fourth-order valence-electron chi connectivity index (χ4n) is 15.0. The van der Waals surface area contributed by atoms with Gasteiger partial charge >= 0.3 is 23.9 Å². The second-order valence-corrected chi connectivity index (χ2v) is 34.7. The van der Waals surface area contributed by atoms with E-state index in [9.17, 15) is 29.1 Å². The maximum absolute atomic E-state index is 12.9. The topological polar surface area (TPSA) is 255 Å². The van der Waals surface area contributed by atoms with E-state index in [1.807, 2.05) is 114 Å². The van der Waals surface area contributed by atoms with E-state index in [0.717, 1.165) is 175 Å². The first kappa shape index (κ1) is 119. The molecule has 2 fully saturated rings. The molecular formula is C111H170O21V. The SMILES string of the molecule is C.CCC(C)O.CCCCCCCC1OC(CC)CC(CC2CC(CC(C)O)OC(CCCCCCCCCCOc3ccc(-c4ccc(C(=O)Oc5ccc(OC(C)C(=O)OCCCC)cc5)cc4)cc3)O2)O1.CCCCCCCC=O.CCCCOC(=O)C(C)Oc1ccc(OC(=O)c2ccc(-c3ccc(OCCCCCCCCCCC(OCC)OCC)cc3)cc2)cc1.[V]. The van der Waals surface area contributed by atoms with Gasteiger partial charge in [0.2, 0.25) is 0 Å². The molecule has 2 N–H and O–H groups in total. The van der Waals surface area contributed by atoms with Gasteiger partial charge < -0.3 is 81.3 Å². The van der Waals surface area contributed by atoms with Gasteiger partial charge in [-0.2, -0.15) is 0 Å². The van der Waals surface area contributed by atoms with Gasteiger partial charge in [0.15, 0.2) is 31.1 Å². The zero-order chi connectivity index (χ0) is 94.7. The van der Waals surface area contributed by atoms with Crippen LogP contribution in [0.15, 0.2) is 146 Å². The first-order valence-electron chi connectivity index (χ1n) is 50.4. The predicted octanol–water partition coefficient (Wildman–Crippen LogP) is 27.4. The van der Waals surface area contributed by atoms with E-state index in [2.05, 4.69) is 20.8 Å². The number of hydrogen-bond donors (Lipinski definition) is 2. The van der Waals surface area contributed by atoms with E-state index in [-0.39, 0.29) is 75.4 Å². The number of aliphatic hydroxyl groups is 2. The number of unbranched alkanes of at least 4 members (excludes halogenated alkanes) is 25. The van der Waals surface area contributed by atoms with Crippen molar-refractivity contribution in [1.29, 1.82) is 0 Å². The second kappa shape index (κ2) is 75.4. The van der Waals surface area contributed by atoms with E-state index in [1.165, 1.54) is 122 Å². The van der Waals surface area contributed by atoms with Crippen molar-refractivity contribution in [3.8, 4) is 56.8 Å². The van der Waals surface area contributed by atoms with E-state index in [4.69, 9.17) is 71.4 Å². The molecular weight excluding hydrogens is 1720 g/mol. The molecule has 10 unspecified atom stereocenters. The smallest absolute Gasteiger partial charge is 0.347 e. The van der Waals surface area contributed by atoms with Crippen molar-refractivity contribution in [3.05, 3.63) is 157 Å². The molecule has 21 nitrogen and oxygen atoms in total. The standard InChI is InChI=1S/C57H84O11.C41H56O8.C8H16O.C4H10O.CH4.V/c1-6-9-11-16-19-22-54-64-47(8-3)39-52(66-54)41-53-40-51(38-42(4)58)65-55(67-53)23-20-17-14-12-13-15-18-21-37-61-48-30-28-45(29-31-48)44-24-26-46(27-25-44)57(60)68-50-34-32-49(33-35-50)63-43(5)56(59)62-36-10-7-2;1-5-8-30-47-40(42)32(4)48-37-26-28-38(29-27-37)49-41(43)35-20-18-33(19-21-35)34-22-24-36(25-23-34)46-31-16-14-12-10-9-11-13-15-17-39(44-6-2)45-7-3;1-2-3-4-5-6-7-8-9;1-3-4(2)5;;/h24-35,42-43,47,51-55,58H,6-23,36-41H2,1-5H3;18-29,32,39H,5-17,30-31H2,1-4H3;8H,2-7H2,1H3;4-5H,3H2,1-2H3;1H4;. The molecule has 6 aromatic carbocycles. The van der Waals surface area contributed by atoms with Crippen LogP contribution in [-0.4, -0.2) is 148 Å². The van der Waals surface area contributed by atoms with Crippen LogP contribution in [0.5, 0.6) is 34.5 Å². The number of benzene rings is 6. The summed E-state index contributed by atoms with van der Waals surface area (Å²) in [6.07, 6.45) is 42.7. The van der Waals surface area contributed by atoms with E-state index in [0.29, 0.717) is 73.6 Å². The Morgan fingerprint density at radius 1 is 0.376 bits per heavy atom. The Balaban J connectivity index is 0.000000611. The summed E-state index contributed by atoms with van der Waals surface area (Å²) < 4.78 is 81.8. The summed E-state index contributed by atoms with van der Waals surface area (Å²) in [5, 5.41) is 18.6. The molecule has 6 aromatic rings. The van der Waals surface area contributed by atoms with Gasteiger partial charge in [-0.25, -0.2) is 19.2 Å². The number of hydrogen-bond acceptors (Lipinski definition) is 21. The minimum Gasteiger partial charge on any atom is -0.494 e. The molecule has 2 aliphatic heterocycles. The third kappa shape index (κ3) is 54.2. The summed E-state index contributed by atoms with van der Waals surface area (Å²) in [5.41, 5.74) is 4.93. The normalized spacial score (nSPS) is 16.5. The zero-order valence-corrected chi connectivity index (χ0v) is 83.8. The van der Waals surface area contributed by atoms with Gasteiger partial charge in [-0.05, 0) is 251 Å². The quantitative estimate of drug-likeness (QED) is 0.0118. The van der Waals surface area contributed by atoms with Crippen LogP contribution in [0.2, 0.25) is 0 Å². The molecule has 22 heteroatoms. The summed E-state index contributed by atoms with van der Waals surface area (Å²) in [5.74, 6) is 1.70. The molecule has 133 heavy (non-hydrogen) atoms. The van der Waals surface area contributed by atoms with Gasteiger partial charge in [-0.3, -0.25) is 0 Å². The van der Waals surface area contributed by atoms with E-state index >= 15 is 0 Å². The van der Waals surface area contributed by atoms with E-state index in [1.54, 1.807) is 93.6 Å². The number of ether oxygens (including phenoxy) is 14. The number of esters is 4. The molecule has 2 heterocycles. The summed E-state index contributed by atoms with van der Waals surface area (Å²) in [7, 11) is 0. The van der Waals surface area contributed by atoms with Crippen molar-refractivity contribution in [2.24, 2.45) is 0 Å². The minimum atomic E-state index is -0.740. The Morgan fingerprint density at radius 3 is 1.06 bits per heavy atom. The molecule has 0 aromatic heterocycles. The maximum Gasteiger partial charge on any atom is 0.347 e. The Morgan fingerprint density at radius 2 is 0.699 bits per heavy atom. The minimum absolute atomic E-state index is 0. The van der Waals surface area contributed by atoms with Gasteiger partial charge in [0, 0.05) is 57.5 Å². The van der Waals surface area contributed by atoms with Crippen molar-refractivity contribution in [1.82, 2.24) is 0 Å². The second-order valence-electron chi connectivity index (χ2n) is 34.7. The van der Waals surface area contributed by atoms with Crippen LogP contribution in [0, 0.1) is 0 Å². The van der Waals surface area contributed by atoms with Crippen molar-refractivity contribution in [2.75, 3.05) is 39.6 Å². The van der Waals surface area contributed by atoms with Gasteiger partial charge in [0.05, 0.1) is 74.2 Å². The molecule has 0 saturated carbocycles. The molecule has 0 bridgehead atoms. The molecule has 0 amide bonds. The first-order chi connectivity index (χ1) is 63.7. The van der Waals surface area contributed by atoms with Crippen LogP contribution in [0.1, 0.15) is 368 Å². The average Bonchev–Trinajstić information content (AvgIpc) is 0.846. The third-order valence-electron chi connectivity index (χ3n) is 22.9. The van der Waals surface area contributed by atoms with Crippen LogP contribution in [0.25, 0.3) is 22.3 Å². The van der Waals surface area contributed by atoms with Crippen molar-refractivity contribution < 1.29 is 119 Å². The molecule has 10 atom stereocenters. The summed E-state index contributed by atoms with van der Waals surface area (Å²) in [6.45, 7) is 27.2. The molecule has 2 saturated heterocycles. The predicted molar refractivity (Wildman–Crippen MR) is 529 cm³/mol. The number of aldehydes is 1. The largest absolute Gasteiger partial charge is 0.494 e. The summed E-state index contributed by atoms with van der Waals surface area (Å²) >= 11 is 0. The van der Waals surface area contributed by atoms with Crippen molar-refractivity contribution in [3.63, 3.8) is 0 Å². The number of rotatable bonds is 64. The number of carbonyl (C=O) groups excluding carboxylic acids is 5. The van der Waals surface area contributed by atoms with Gasteiger partial charge in [0.25, 0.3) is 0 Å². The summed E-state index contributed by atoms with van der Waals surface area (Å²) in [6, 6.07) is 43.9. The van der Waals surface area contributed by atoms with Crippen LogP contribution in [-0.2, 0) is 70.8 Å². The maximum atomic E-state index is 12.9. The molecule has 0 aliphatic carbocycles. The Hall–Kier alpha value is -7.67. The van der Waals surface area contributed by atoms with Crippen LogP contribution in [0.3, 0.4) is 0 Å². The molecule has 8 rings (SSSR count). The number of aliphatic hydroxyl groups excluding tert-OH is 2. The van der Waals surface area contributed by atoms with Crippen molar-refractivity contribution >= 4 is 30.2 Å². The van der Waals surface area contributed by atoms with Crippen LogP contribution >= 0.6 is 0 Å². The van der Waals surface area contributed by atoms with Gasteiger partial charge in [-0.15, -0.1) is 0 Å². The fraction of sp³-hybridized carbons (Fsp3) is 0.631. The van der Waals surface area contributed by atoms with Crippen molar-refractivity contribution in [2.45, 2.75) is 415 Å². The Labute approximate surface area is 812 Å². The Bertz CT molecular complexity index is 3860. The van der Waals surface area contributed by atoms with Gasteiger partial charge in [-0.1, -0.05) is 239 Å². The zero-order valence-electron chi connectivity index (χ0n) is 82.4. The monoisotopic (exact) mass is 1890 g/mol. The van der Waals surface area contributed by atoms with Crippen LogP contribution < -0.4 is 28.4 Å². The first-order valence-corrected chi connectivity index (χ1v) is 50.4. The summed E-state index contributed by atoms with van der Waals surface area (Å²) in [4.78, 5) is 59.6. The molecule has 745 valence electrons. The molecule has 0 spiro atoms. The van der Waals surface area contributed by atoms with Gasteiger partial charge in [0.1, 0.15) is 40.8 Å². The fourth-order valence-corrected chi connectivity index (χ4v) is 15.0. The molecule has 2 aliphatic rings. The third-order valence-corrected chi connectivity index (χ3v) is 22.9.